The Labute approximate surface area is 130 Å². The van der Waals surface area contributed by atoms with Gasteiger partial charge in [0, 0.05) is 5.38 Å². The summed E-state index contributed by atoms with van der Waals surface area (Å²) < 4.78 is 6.31. The van der Waals surface area contributed by atoms with Crippen LogP contribution in [-0.2, 0) is 11.3 Å². The van der Waals surface area contributed by atoms with E-state index in [0.29, 0.717) is 11.4 Å². The smallest absolute Gasteiger partial charge is 0.339 e. The summed E-state index contributed by atoms with van der Waals surface area (Å²) >= 11 is 1.19. The van der Waals surface area contributed by atoms with E-state index in [4.69, 9.17) is 9.84 Å². The van der Waals surface area contributed by atoms with Crippen molar-refractivity contribution in [2.45, 2.75) is 32.4 Å². The van der Waals surface area contributed by atoms with Gasteiger partial charge in [0.05, 0.1) is 43.1 Å². The SMILES string of the molecule is CCCCOC(=O)c1csc2ncn(CC(O)CO)c(=O)c12. The molecule has 0 bridgehead atoms. The molecule has 2 aromatic heterocycles. The van der Waals surface area contributed by atoms with Crippen LogP contribution in [0.5, 0.6) is 0 Å². The molecule has 7 nitrogen and oxygen atoms in total. The van der Waals surface area contributed by atoms with Gasteiger partial charge in [-0.3, -0.25) is 9.36 Å². The Morgan fingerprint density at radius 2 is 2.32 bits per heavy atom. The fourth-order valence-electron chi connectivity index (χ4n) is 1.92. The van der Waals surface area contributed by atoms with Crippen molar-refractivity contribution in [2.24, 2.45) is 0 Å². The van der Waals surface area contributed by atoms with Crippen molar-refractivity contribution in [3.05, 3.63) is 27.6 Å². The van der Waals surface area contributed by atoms with Crippen LogP contribution in [0.2, 0.25) is 0 Å². The molecule has 0 fully saturated rings. The van der Waals surface area contributed by atoms with Crippen molar-refractivity contribution in [2.75, 3.05) is 13.2 Å². The van der Waals surface area contributed by atoms with Crippen molar-refractivity contribution in [1.29, 1.82) is 0 Å². The number of nitrogens with zero attached hydrogens (tertiary/aromatic N) is 2. The average Bonchev–Trinajstić information content (AvgIpc) is 2.95. The number of carbonyl (C=O) groups is 1. The zero-order valence-electron chi connectivity index (χ0n) is 12.2. The third kappa shape index (κ3) is 3.52. The van der Waals surface area contributed by atoms with Gasteiger partial charge in [-0.1, -0.05) is 13.3 Å². The van der Waals surface area contributed by atoms with Crippen molar-refractivity contribution >= 4 is 27.5 Å². The number of hydrogen-bond donors (Lipinski definition) is 2. The molecule has 8 heteroatoms. The average molecular weight is 326 g/mol. The molecule has 0 aliphatic heterocycles. The lowest BCUT2D eigenvalue weighted by Crippen LogP contribution is -2.29. The van der Waals surface area contributed by atoms with Gasteiger partial charge in [0.15, 0.2) is 0 Å². The number of esters is 1. The van der Waals surface area contributed by atoms with E-state index >= 15 is 0 Å². The highest BCUT2D eigenvalue weighted by molar-refractivity contribution is 7.17. The van der Waals surface area contributed by atoms with Crippen LogP contribution in [0.25, 0.3) is 10.2 Å². The number of aliphatic hydroxyl groups excluding tert-OH is 2. The van der Waals surface area contributed by atoms with Crippen molar-refractivity contribution in [3.8, 4) is 0 Å². The van der Waals surface area contributed by atoms with Gasteiger partial charge in [0.2, 0.25) is 0 Å². The summed E-state index contributed by atoms with van der Waals surface area (Å²) in [5, 5.41) is 20.1. The van der Waals surface area contributed by atoms with E-state index in [1.807, 2.05) is 6.92 Å². The van der Waals surface area contributed by atoms with E-state index < -0.39 is 24.2 Å². The third-order valence-corrected chi connectivity index (χ3v) is 4.02. The van der Waals surface area contributed by atoms with Crippen molar-refractivity contribution < 1.29 is 19.7 Å². The number of unbranched alkanes of at least 4 members (excludes halogenated alkanes) is 1. The monoisotopic (exact) mass is 326 g/mol. The Morgan fingerprint density at radius 3 is 3.00 bits per heavy atom. The fraction of sp³-hybridized carbons (Fsp3) is 0.500. The summed E-state index contributed by atoms with van der Waals surface area (Å²) in [5.41, 5.74) is -0.234. The number of aromatic nitrogens is 2. The molecule has 1 atom stereocenters. The van der Waals surface area contributed by atoms with Gasteiger partial charge in [-0.15, -0.1) is 11.3 Å². The lowest BCUT2D eigenvalue weighted by molar-refractivity contribution is 0.0502. The second kappa shape index (κ2) is 7.48. The Balaban J connectivity index is 2.34. The molecule has 120 valence electrons. The summed E-state index contributed by atoms with van der Waals surface area (Å²) in [6.07, 6.45) is 1.91. The van der Waals surface area contributed by atoms with E-state index in [2.05, 4.69) is 4.98 Å². The molecule has 0 saturated heterocycles. The minimum atomic E-state index is -1.06. The molecule has 1 unspecified atom stereocenters. The van der Waals surface area contributed by atoms with Crippen LogP contribution >= 0.6 is 11.3 Å². The van der Waals surface area contributed by atoms with Crippen LogP contribution in [-0.4, -0.2) is 45.1 Å². The predicted octanol–water partition coefficient (Wildman–Crippen LogP) is 0.768. The van der Waals surface area contributed by atoms with Gasteiger partial charge in [-0.25, -0.2) is 9.78 Å². The second-order valence-corrected chi connectivity index (χ2v) is 5.72. The molecule has 0 amide bonds. The summed E-state index contributed by atoms with van der Waals surface area (Å²) in [4.78, 5) is 29.0. The fourth-order valence-corrected chi connectivity index (χ4v) is 2.79. The first-order valence-corrected chi connectivity index (χ1v) is 7.89. The first-order valence-electron chi connectivity index (χ1n) is 7.01. The van der Waals surface area contributed by atoms with E-state index in [-0.39, 0.29) is 17.5 Å². The number of carbonyl (C=O) groups excluding carboxylic acids is 1. The lowest BCUT2D eigenvalue weighted by atomic mass is 10.2. The van der Waals surface area contributed by atoms with E-state index in [1.54, 1.807) is 5.38 Å². The summed E-state index contributed by atoms with van der Waals surface area (Å²) in [6, 6.07) is 0. The molecule has 2 N–H and O–H groups in total. The van der Waals surface area contributed by atoms with E-state index in [9.17, 15) is 14.7 Å². The second-order valence-electron chi connectivity index (χ2n) is 4.86. The largest absolute Gasteiger partial charge is 0.462 e. The molecule has 22 heavy (non-hydrogen) atoms. The summed E-state index contributed by atoms with van der Waals surface area (Å²) in [6.45, 7) is 1.76. The standard InChI is InChI=1S/C14H18N2O5S/c1-2-3-4-21-14(20)10-7-22-12-11(10)13(19)16(8-15-12)5-9(18)6-17/h7-9,17-18H,2-6H2,1H3. The van der Waals surface area contributed by atoms with Gasteiger partial charge in [-0.2, -0.15) is 0 Å². The maximum Gasteiger partial charge on any atom is 0.339 e. The quantitative estimate of drug-likeness (QED) is 0.575. The first-order chi connectivity index (χ1) is 10.6. The molecular formula is C14H18N2O5S. The Hall–Kier alpha value is -1.77. The maximum atomic E-state index is 12.4. The van der Waals surface area contributed by atoms with Crippen LogP contribution in [0.15, 0.2) is 16.5 Å². The van der Waals surface area contributed by atoms with Crippen LogP contribution in [0.3, 0.4) is 0 Å². The molecule has 0 aromatic carbocycles. The Kier molecular flexibility index (Phi) is 5.64. The highest BCUT2D eigenvalue weighted by Crippen LogP contribution is 2.21. The number of thiophene rings is 1. The van der Waals surface area contributed by atoms with Gasteiger partial charge >= 0.3 is 5.97 Å². The maximum absolute atomic E-state index is 12.4. The summed E-state index contributed by atoms with van der Waals surface area (Å²) in [7, 11) is 0. The van der Waals surface area contributed by atoms with Gasteiger partial charge < -0.3 is 14.9 Å². The molecule has 0 saturated carbocycles. The van der Waals surface area contributed by atoms with E-state index in [0.717, 1.165) is 12.8 Å². The van der Waals surface area contributed by atoms with Crippen LogP contribution in [0, 0.1) is 0 Å². The summed E-state index contributed by atoms with van der Waals surface area (Å²) in [5.74, 6) is -0.543. The lowest BCUT2D eigenvalue weighted by Gasteiger charge is -2.09. The van der Waals surface area contributed by atoms with Crippen LogP contribution < -0.4 is 5.56 Å². The number of hydrogen-bond acceptors (Lipinski definition) is 7. The Bertz CT molecular complexity index is 709. The number of ether oxygens (including phenoxy) is 1. The van der Waals surface area contributed by atoms with Crippen molar-refractivity contribution in [1.82, 2.24) is 9.55 Å². The van der Waals surface area contributed by atoms with E-state index in [1.165, 1.54) is 22.2 Å². The third-order valence-electron chi connectivity index (χ3n) is 3.13. The predicted molar refractivity (Wildman–Crippen MR) is 82.2 cm³/mol. The molecule has 0 aliphatic carbocycles. The van der Waals surface area contributed by atoms with Gasteiger partial charge in [0.25, 0.3) is 5.56 Å². The van der Waals surface area contributed by atoms with Crippen LogP contribution in [0.4, 0.5) is 0 Å². The van der Waals surface area contributed by atoms with Gasteiger partial charge in [0.1, 0.15) is 4.83 Å². The zero-order chi connectivity index (χ0) is 16.1. The molecule has 2 aromatic rings. The molecule has 0 spiro atoms. The van der Waals surface area contributed by atoms with Gasteiger partial charge in [-0.05, 0) is 6.42 Å². The topological polar surface area (TPSA) is 102 Å². The molecule has 2 heterocycles. The highest BCUT2D eigenvalue weighted by Gasteiger charge is 2.19. The molecular weight excluding hydrogens is 308 g/mol. The molecule has 2 rings (SSSR count). The minimum Gasteiger partial charge on any atom is -0.462 e. The number of fused-ring (bicyclic) bond motifs is 1. The van der Waals surface area contributed by atoms with Crippen molar-refractivity contribution in [3.63, 3.8) is 0 Å². The first kappa shape index (κ1) is 16.6. The van der Waals surface area contributed by atoms with Crippen LogP contribution in [0.1, 0.15) is 30.1 Å². The molecule has 0 aliphatic rings. The Morgan fingerprint density at radius 1 is 1.55 bits per heavy atom. The highest BCUT2D eigenvalue weighted by atomic mass is 32.1. The molecule has 0 radical (unpaired) electrons. The zero-order valence-corrected chi connectivity index (χ0v) is 13.0. The number of rotatable bonds is 7. The normalized spacial score (nSPS) is 12.5. The minimum absolute atomic E-state index is 0.0849. The number of aliphatic hydroxyl groups is 2.